The number of hydrogen-bond donors (Lipinski definition) is 0. The maximum Gasteiger partial charge on any atom is 0.173 e. The quantitative estimate of drug-likeness (QED) is 0.592. The topological polar surface area (TPSA) is 26.3 Å². The second-order valence-electron chi connectivity index (χ2n) is 4.00. The van der Waals surface area contributed by atoms with Crippen LogP contribution in [0, 0.1) is 0 Å². The van der Waals surface area contributed by atoms with Crippen molar-refractivity contribution in [2.45, 2.75) is 6.61 Å². The first-order valence-corrected chi connectivity index (χ1v) is 7.25. The van der Waals surface area contributed by atoms with E-state index in [9.17, 15) is 4.79 Å². The molecule has 2 rings (SSSR count). The van der Waals surface area contributed by atoms with Crippen LogP contribution in [0.5, 0.6) is 5.75 Å². The third kappa shape index (κ3) is 4.08. The summed E-state index contributed by atoms with van der Waals surface area (Å²) in [6.45, 7) is 0.475. The highest BCUT2D eigenvalue weighted by atomic mass is 79.9. The van der Waals surface area contributed by atoms with Crippen LogP contribution in [0.15, 0.2) is 48.5 Å². The van der Waals surface area contributed by atoms with Gasteiger partial charge in [0.05, 0.1) is 5.33 Å². The van der Waals surface area contributed by atoms with Gasteiger partial charge in [0.1, 0.15) is 12.4 Å². The van der Waals surface area contributed by atoms with Gasteiger partial charge in [-0.2, -0.15) is 0 Å². The average molecular weight is 340 g/mol. The smallest absolute Gasteiger partial charge is 0.173 e. The zero-order valence-corrected chi connectivity index (χ0v) is 12.4. The Kier molecular flexibility index (Phi) is 5.00. The predicted octanol–water partition coefficient (Wildman–Crippen LogP) is 4.50. The van der Waals surface area contributed by atoms with Crippen LogP contribution in [-0.2, 0) is 6.61 Å². The van der Waals surface area contributed by atoms with Crippen LogP contribution in [0.4, 0.5) is 0 Å². The van der Waals surface area contributed by atoms with Gasteiger partial charge >= 0.3 is 0 Å². The number of rotatable bonds is 5. The molecule has 0 aliphatic heterocycles. The summed E-state index contributed by atoms with van der Waals surface area (Å²) in [5, 5.41) is 1.04. The van der Waals surface area contributed by atoms with Gasteiger partial charge < -0.3 is 4.74 Å². The Morgan fingerprint density at radius 2 is 1.68 bits per heavy atom. The van der Waals surface area contributed by atoms with Gasteiger partial charge in [0.25, 0.3) is 0 Å². The average Bonchev–Trinajstić information content (AvgIpc) is 2.46. The molecule has 0 N–H and O–H groups in total. The molecular weight excluding hydrogens is 328 g/mol. The number of hydrogen-bond acceptors (Lipinski definition) is 2. The lowest BCUT2D eigenvalue weighted by Crippen LogP contribution is -2.00. The van der Waals surface area contributed by atoms with Crippen molar-refractivity contribution in [2.75, 3.05) is 5.33 Å². The van der Waals surface area contributed by atoms with Crippen LogP contribution in [0.3, 0.4) is 0 Å². The molecule has 0 unspecified atom stereocenters. The van der Waals surface area contributed by atoms with Crippen LogP contribution in [-0.4, -0.2) is 11.1 Å². The van der Waals surface area contributed by atoms with E-state index in [-0.39, 0.29) is 5.78 Å². The van der Waals surface area contributed by atoms with Gasteiger partial charge in [-0.1, -0.05) is 39.7 Å². The Morgan fingerprint density at radius 3 is 2.26 bits per heavy atom. The van der Waals surface area contributed by atoms with Crippen molar-refractivity contribution >= 4 is 33.3 Å². The molecule has 19 heavy (non-hydrogen) atoms. The third-order valence-electron chi connectivity index (χ3n) is 2.62. The predicted molar refractivity (Wildman–Crippen MR) is 80.4 cm³/mol. The fourth-order valence-corrected chi connectivity index (χ4v) is 2.01. The van der Waals surface area contributed by atoms with Gasteiger partial charge in [0, 0.05) is 10.6 Å². The summed E-state index contributed by atoms with van der Waals surface area (Å²) >= 11 is 8.96. The zero-order chi connectivity index (χ0) is 13.7. The molecule has 0 saturated carbocycles. The van der Waals surface area contributed by atoms with Gasteiger partial charge in [-0.05, 0) is 42.0 Å². The van der Waals surface area contributed by atoms with Crippen LogP contribution < -0.4 is 4.74 Å². The summed E-state index contributed by atoms with van der Waals surface area (Å²) in [7, 11) is 0. The third-order valence-corrected chi connectivity index (χ3v) is 3.38. The first-order valence-electron chi connectivity index (χ1n) is 5.75. The number of Topliss-reactive ketones (excluding diaryl/α,β-unsaturated/α-hetero) is 1. The Balaban J connectivity index is 1.96. The minimum Gasteiger partial charge on any atom is -0.489 e. The fourth-order valence-electron chi connectivity index (χ4n) is 1.56. The molecule has 2 aromatic carbocycles. The van der Waals surface area contributed by atoms with E-state index >= 15 is 0 Å². The number of ether oxygens (including phenoxy) is 1. The Morgan fingerprint density at radius 1 is 1.05 bits per heavy atom. The molecule has 4 heteroatoms. The summed E-state index contributed by atoms with van der Waals surface area (Å²) in [6.07, 6.45) is 0. The van der Waals surface area contributed by atoms with Crippen molar-refractivity contribution in [2.24, 2.45) is 0 Å². The lowest BCUT2D eigenvalue weighted by atomic mass is 10.1. The molecule has 0 amide bonds. The SMILES string of the molecule is O=C(CBr)c1ccc(OCc2ccc(Cl)cc2)cc1. The molecule has 0 atom stereocenters. The van der Waals surface area contributed by atoms with E-state index < -0.39 is 0 Å². The first-order chi connectivity index (χ1) is 9.19. The van der Waals surface area contributed by atoms with Gasteiger partial charge in [0.15, 0.2) is 5.78 Å². The lowest BCUT2D eigenvalue weighted by Gasteiger charge is -2.07. The highest BCUT2D eigenvalue weighted by molar-refractivity contribution is 9.09. The molecular formula is C15H12BrClO2. The number of benzene rings is 2. The second kappa shape index (κ2) is 6.73. The molecule has 0 heterocycles. The van der Waals surface area contributed by atoms with Crippen molar-refractivity contribution in [1.29, 1.82) is 0 Å². The maximum atomic E-state index is 11.4. The number of alkyl halides is 1. The summed E-state index contributed by atoms with van der Waals surface area (Å²) in [6, 6.07) is 14.6. The maximum absolute atomic E-state index is 11.4. The number of ketones is 1. The molecule has 0 aliphatic carbocycles. The molecule has 0 fully saturated rings. The molecule has 98 valence electrons. The number of halogens is 2. The molecule has 0 bridgehead atoms. The van der Waals surface area contributed by atoms with Crippen LogP contribution in [0.2, 0.25) is 5.02 Å². The molecule has 0 aromatic heterocycles. The van der Waals surface area contributed by atoms with E-state index in [2.05, 4.69) is 15.9 Å². The highest BCUT2D eigenvalue weighted by Crippen LogP contribution is 2.16. The van der Waals surface area contributed by atoms with E-state index in [1.165, 1.54) is 0 Å². The largest absolute Gasteiger partial charge is 0.489 e. The Labute approximate surface area is 125 Å². The van der Waals surface area contributed by atoms with Crippen molar-refractivity contribution in [3.05, 3.63) is 64.7 Å². The summed E-state index contributed by atoms with van der Waals surface area (Å²) in [5.74, 6) is 0.797. The summed E-state index contributed by atoms with van der Waals surface area (Å²) in [5.41, 5.74) is 1.72. The summed E-state index contributed by atoms with van der Waals surface area (Å²) < 4.78 is 5.63. The lowest BCUT2D eigenvalue weighted by molar-refractivity contribution is 0.102. The second-order valence-corrected chi connectivity index (χ2v) is 4.99. The molecule has 2 nitrogen and oxygen atoms in total. The minimum absolute atomic E-state index is 0.0595. The van der Waals surface area contributed by atoms with Crippen molar-refractivity contribution in [3.8, 4) is 5.75 Å². The van der Waals surface area contributed by atoms with E-state index in [1.807, 2.05) is 24.3 Å². The van der Waals surface area contributed by atoms with Gasteiger partial charge in [-0.25, -0.2) is 0 Å². The molecule has 0 aliphatic rings. The first kappa shape index (κ1) is 14.1. The van der Waals surface area contributed by atoms with E-state index in [4.69, 9.17) is 16.3 Å². The van der Waals surface area contributed by atoms with Gasteiger partial charge in [-0.3, -0.25) is 4.79 Å². The molecule has 0 radical (unpaired) electrons. The molecule has 0 spiro atoms. The number of carbonyl (C=O) groups is 1. The Bertz CT molecular complexity index is 549. The monoisotopic (exact) mass is 338 g/mol. The van der Waals surface area contributed by atoms with Crippen LogP contribution in [0.25, 0.3) is 0 Å². The van der Waals surface area contributed by atoms with Crippen molar-refractivity contribution in [1.82, 2.24) is 0 Å². The van der Waals surface area contributed by atoms with E-state index in [1.54, 1.807) is 24.3 Å². The van der Waals surface area contributed by atoms with Gasteiger partial charge in [-0.15, -0.1) is 0 Å². The zero-order valence-electron chi connectivity index (χ0n) is 10.1. The van der Waals surface area contributed by atoms with Crippen molar-refractivity contribution < 1.29 is 9.53 Å². The highest BCUT2D eigenvalue weighted by Gasteiger charge is 2.03. The van der Waals surface area contributed by atoms with Crippen LogP contribution >= 0.6 is 27.5 Å². The minimum atomic E-state index is 0.0595. The van der Waals surface area contributed by atoms with Gasteiger partial charge in [0.2, 0.25) is 0 Å². The van der Waals surface area contributed by atoms with E-state index in [0.717, 1.165) is 11.3 Å². The summed E-state index contributed by atoms with van der Waals surface area (Å²) in [4.78, 5) is 11.4. The standard InChI is InChI=1S/C15H12BrClO2/c16-9-15(18)12-3-7-14(8-4-12)19-10-11-1-5-13(17)6-2-11/h1-8H,9-10H2. The van der Waals surface area contributed by atoms with Crippen LogP contribution in [0.1, 0.15) is 15.9 Å². The molecule has 0 saturated heterocycles. The number of carbonyl (C=O) groups excluding carboxylic acids is 1. The molecule has 2 aromatic rings. The van der Waals surface area contributed by atoms with Crippen molar-refractivity contribution in [3.63, 3.8) is 0 Å². The fraction of sp³-hybridized carbons (Fsp3) is 0.133. The normalized spacial score (nSPS) is 10.2. The Hall–Kier alpha value is -1.32. The van der Waals surface area contributed by atoms with E-state index in [0.29, 0.717) is 22.5 Å².